The van der Waals surface area contributed by atoms with Crippen LogP contribution in [0.5, 0.6) is 0 Å². The van der Waals surface area contributed by atoms with Gasteiger partial charge in [0.15, 0.2) is 0 Å². The van der Waals surface area contributed by atoms with Crippen LogP contribution in [-0.4, -0.2) is 0 Å². The van der Waals surface area contributed by atoms with Gasteiger partial charge in [0.2, 0.25) is 0 Å². The first-order valence-electron chi connectivity index (χ1n) is 8.79. The average Bonchev–Trinajstić information content (AvgIpc) is 2.52. The molecule has 0 saturated heterocycles. The van der Waals surface area contributed by atoms with Gasteiger partial charge in [0.25, 0.3) is 0 Å². The Morgan fingerprint density at radius 1 is 0.875 bits per heavy atom. The number of rotatable bonds is 4. The Morgan fingerprint density at radius 2 is 1.46 bits per heavy atom. The summed E-state index contributed by atoms with van der Waals surface area (Å²) in [6.45, 7) is 11.2. The zero-order valence-corrected chi connectivity index (χ0v) is 15.5. The Balaban J connectivity index is 2.52. The summed E-state index contributed by atoms with van der Waals surface area (Å²) in [6, 6.07) is 6.68. The van der Waals surface area contributed by atoms with Gasteiger partial charge < -0.3 is 0 Å². The van der Waals surface area contributed by atoms with E-state index in [9.17, 15) is 0 Å². The minimum atomic E-state index is 0.504. The van der Waals surface area contributed by atoms with Gasteiger partial charge in [0.1, 0.15) is 0 Å². The highest BCUT2D eigenvalue weighted by Gasteiger charge is 2.14. The molecule has 2 rings (SSSR count). The zero-order chi connectivity index (χ0) is 17.5. The summed E-state index contributed by atoms with van der Waals surface area (Å²) in [7, 11) is 0. The lowest BCUT2D eigenvalue weighted by Gasteiger charge is -2.19. The number of hydrogen-bond acceptors (Lipinski definition) is 0. The summed E-state index contributed by atoms with van der Waals surface area (Å²) in [5, 5.41) is 0. The quantitative estimate of drug-likeness (QED) is 0.520. The van der Waals surface area contributed by atoms with E-state index in [1.807, 2.05) is 18.2 Å². The molecule has 0 N–H and O–H groups in total. The lowest BCUT2D eigenvalue weighted by molar-refractivity contribution is 0.827. The second-order valence-corrected chi connectivity index (χ2v) is 6.83. The van der Waals surface area contributed by atoms with Gasteiger partial charge in [0, 0.05) is 0 Å². The minimum Gasteiger partial charge on any atom is -0.116 e. The second-order valence-electron chi connectivity index (χ2n) is 6.83. The normalized spacial score (nSPS) is 19.7. The zero-order valence-electron chi connectivity index (χ0n) is 15.5. The van der Waals surface area contributed by atoms with Crippen molar-refractivity contribution in [2.24, 2.45) is 0 Å². The van der Waals surface area contributed by atoms with Crippen LogP contribution in [0.1, 0.15) is 63.1 Å². The van der Waals surface area contributed by atoms with Crippen molar-refractivity contribution < 1.29 is 0 Å². The van der Waals surface area contributed by atoms with Crippen molar-refractivity contribution in [1.82, 2.24) is 0 Å². The molecule has 0 aromatic heterocycles. The summed E-state index contributed by atoms with van der Waals surface area (Å²) >= 11 is 0. The molecule has 0 aliphatic heterocycles. The van der Waals surface area contributed by atoms with Crippen molar-refractivity contribution in [2.45, 2.75) is 46.5 Å². The van der Waals surface area contributed by atoms with Crippen molar-refractivity contribution in [2.75, 3.05) is 0 Å². The van der Waals surface area contributed by atoms with Gasteiger partial charge in [-0.2, -0.15) is 0 Å². The van der Waals surface area contributed by atoms with Crippen LogP contribution in [0.3, 0.4) is 0 Å². The van der Waals surface area contributed by atoms with Crippen molar-refractivity contribution in [1.29, 1.82) is 0 Å². The van der Waals surface area contributed by atoms with E-state index in [0.717, 1.165) is 5.57 Å². The molecule has 0 nitrogen and oxygen atoms in total. The molecule has 24 heavy (non-hydrogen) atoms. The smallest absolute Gasteiger partial charge is 0.00130 e. The topological polar surface area (TPSA) is 0 Å². The Hall–Kier alpha value is -2.30. The molecule has 0 fully saturated rings. The highest BCUT2D eigenvalue weighted by molar-refractivity contribution is 5.70. The summed E-state index contributed by atoms with van der Waals surface area (Å²) in [5.41, 5.74) is 10.1. The van der Waals surface area contributed by atoms with Crippen LogP contribution in [-0.2, 0) is 0 Å². The van der Waals surface area contributed by atoms with Gasteiger partial charge in [-0.3, -0.25) is 0 Å². The molecule has 1 aliphatic carbocycles. The first-order chi connectivity index (χ1) is 11.5. The fraction of sp³-hybridized carbons (Fsp3) is 0.292. The van der Waals surface area contributed by atoms with Crippen LogP contribution in [0.2, 0.25) is 0 Å². The molecule has 0 saturated carbocycles. The first kappa shape index (κ1) is 18.0. The molecule has 1 aromatic carbocycles. The van der Waals surface area contributed by atoms with Gasteiger partial charge in [-0.25, -0.2) is 0 Å². The van der Waals surface area contributed by atoms with Crippen molar-refractivity contribution in [3.8, 4) is 0 Å². The van der Waals surface area contributed by atoms with E-state index >= 15 is 0 Å². The van der Waals surface area contributed by atoms with Crippen molar-refractivity contribution >= 4 is 5.57 Å². The third kappa shape index (κ3) is 4.60. The number of hydrogen-bond donors (Lipinski definition) is 0. The van der Waals surface area contributed by atoms with E-state index in [1.54, 1.807) is 0 Å². The van der Waals surface area contributed by atoms with E-state index in [1.165, 1.54) is 22.3 Å². The van der Waals surface area contributed by atoms with E-state index in [4.69, 9.17) is 0 Å². The fourth-order valence-electron chi connectivity index (χ4n) is 2.93. The number of allylic oxidation sites excluding steroid dienone is 9. The average molecular weight is 316 g/mol. The standard InChI is InChI=1S/C24H28/c1-18(2)22-14-11-15-23(19(3)4)24(22)20(5)16-17-21-12-9-7-6-8-10-13-21/h6-15,17-19H,1-5H3/b7-6-,8-6?,9-7?,10-8+,12-9-,13-10?,21-12?,21-13-. The first-order valence-corrected chi connectivity index (χ1v) is 8.79. The molecular weight excluding hydrogens is 288 g/mol. The lowest BCUT2D eigenvalue weighted by atomic mass is 9.85. The Kier molecular flexibility index (Phi) is 6.41. The van der Waals surface area contributed by atoms with Crippen molar-refractivity contribution in [3.63, 3.8) is 0 Å². The van der Waals surface area contributed by atoms with Gasteiger partial charge in [-0.1, -0.05) is 88.4 Å². The minimum absolute atomic E-state index is 0.504. The molecule has 0 heterocycles. The predicted molar refractivity (Wildman–Crippen MR) is 107 cm³/mol. The van der Waals surface area contributed by atoms with Crippen LogP contribution in [0, 0.1) is 0 Å². The maximum atomic E-state index is 3.52. The van der Waals surface area contributed by atoms with Crippen LogP contribution in [0.4, 0.5) is 0 Å². The van der Waals surface area contributed by atoms with Crippen LogP contribution < -0.4 is 0 Å². The maximum Gasteiger partial charge on any atom is -0.00130 e. The molecule has 0 unspecified atom stereocenters. The molecule has 0 amide bonds. The van der Waals surface area contributed by atoms with Crippen molar-refractivity contribution in [3.05, 3.63) is 94.8 Å². The molecule has 1 aromatic rings. The molecule has 124 valence electrons. The molecule has 0 heteroatoms. The van der Waals surface area contributed by atoms with E-state index in [0.29, 0.717) is 11.8 Å². The summed E-state index contributed by atoms with van der Waals surface area (Å²) in [5.74, 6) is 1.01. The predicted octanol–water partition coefficient (Wildman–Crippen LogP) is 7.10. The van der Waals surface area contributed by atoms with Crippen LogP contribution in [0.25, 0.3) is 5.57 Å². The maximum absolute atomic E-state index is 3.52. The molecular formula is C24H28. The highest BCUT2D eigenvalue weighted by Crippen LogP contribution is 2.32. The highest BCUT2D eigenvalue weighted by atomic mass is 14.2. The van der Waals surface area contributed by atoms with Crippen LogP contribution >= 0.6 is 0 Å². The third-order valence-corrected chi connectivity index (χ3v) is 4.23. The fourth-order valence-corrected chi connectivity index (χ4v) is 2.93. The third-order valence-electron chi connectivity index (χ3n) is 4.23. The van der Waals surface area contributed by atoms with Gasteiger partial charge in [-0.05, 0) is 52.7 Å². The van der Waals surface area contributed by atoms with Gasteiger partial charge >= 0.3 is 0 Å². The molecule has 0 spiro atoms. The molecule has 0 radical (unpaired) electrons. The summed E-state index contributed by atoms with van der Waals surface area (Å²) in [4.78, 5) is 0. The largest absolute Gasteiger partial charge is 0.116 e. The lowest BCUT2D eigenvalue weighted by Crippen LogP contribution is -2.01. The van der Waals surface area contributed by atoms with E-state index in [2.05, 4.69) is 88.9 Å². The second kappa shape index (κ2) is 8.52. The Bertz CT molecular complexity index is 729. The molecule has 0 atom stereocenters. The Morgan fingerprint density at radius 3 is 2.08 bits per heavy atom. The SMILES string of the molecule is CC(=C=CC1=C\C=C\C=C/C=C\1)c1c(C(C)C)cccc1C(C)C. The Labute approximate surface area is 147 Å². The van der Waals surface area contributed by atoms with Gasteiger partial charge in [0.05, 0.1) is 0 Å². The van der Waals surface area contributed by atoms with Gasteiger partial charge in [-0.15, -0.1) is 5.73 Å². The summed E-state index contributed by atoms with van der Waals surface area (Å²) < 4.78 is 0. The molecule has 1 aliphatic rings. The molecule has 0 bridgehead atoms. The van der Waals surface area contributed by atoms with Crippen LogP contribution in [0.15, 0.2) is 78.1 Å². The number of benzene rings is 1. The summed E-state index contributed by atoms with van der Waals surface area (Å²) in [6.07, 6.45) is 16.5. The van der Waals surface area contributed by atoms with E-state index in [-0.39, 0.29) is 0 Å². The van der Waals surface area contributed by atoms with E-state index < -0.39 is 0 Å². The monoisotopic (exact) mass is 316 g/mol.